The van der Waals surface area contributed by atoms with Crippen LogP contribution in [0.1, 0.15) is 36.9 Å². The average molecular weight is 181 g/mol. The topological polar surface area (TPSA) is 64.1 Å². The van der Waals surface area contributed by atoms with E-state index in [4.69, 9.17) is 10.8 Å². The molecule has 0 spiro atoms. The molecule has 1 heterocycles. The molecule has 0 bridgehead atoms. The summed E-state index contributed by atoms with van der Waals surface area (Å²) in [5.41, 5.74) is 6.85. The zero-order valence-electron chi connectivity index (χ0n) is 7.56. The molecule has 3 N–H and O–H groups in total. The second kappa shape index (κ2) is 3.47. The molecule has 1 aromatic rings. The van der Waals surface area contributed by atoms with Gasteiger partial charge in [0, 0.05) is 24.4 Å². The van der Waals surface area contributed by atoms with E-state index >= 15 is 0 Å². The number of nitrogens with two attached hydrogens (primary N) is 1. The molecule has 1 fully saturated rings. The number of aliphatic hydroxyl groups excluding tert-OH is 1. The molecule has 4 heteroatoms. The SMILES string of the molecule is NC(CCO)c1cnn(C2CC2)c1. The molecular formula is C9H15N3O. The summed E-state index contributed by atoms with van der Waals surface area (Å²) in [6, 6.07) is 0.535. The smallest absolute Gasteiger partial charge is 0.0537 e. The molecule has 0 amide bonds. The van der Waals surface area contributed by atoms with Crippen molar-refractivity contribution in [1.29, 1.82) is 0 Å². The maximum atomic E-state index is 8.72. The van der Waals surface area contributed by atoms with Crippen LogP contribution in [-0.2, 0) is 0 Å². The molecule has 0 saturated heterocycles. The van der Waals surface area contributed by atoms with Gasteiger partial charge in [-0.25, -0.2) is 0 Å². The lowest BCUT2D eigenvalue weighted by atomic mass is 10.1. The van der Waals surface area contributed by atoms with Crippen molar-refractivity contribution in [3.63, 3.8) is 0 Å². The predicted molar refractivity (Wildman–Crippen MR) is 49.1 cm³/mol. The molecule has 13 heavy (non-hydrogen) atoms. The fourth-order valence-electron chi connectivity index (χ4n) is 1.39. The summed E-state index contributed by atoms with van der Waals surface area (Å²) in [5.74, 6) is 0. The highest BCUT2D eigenvalue weighted by Gasteiger charge is 2.24. The molecule has 1 unspecified atom stereocenters. The Hall–Kier alpha value is -0.870. The Balaban J connectivity index is 2.03. The zero-order chi connectivity index (χ0) is 9.26. The molecule has 4 nitrogen and oxygen atoms in total. The van der Waals surface area contributed by atoms with E-state index in [1.807, 2.05) is 10.9 Å². The Morgan fingerprint density at radius 1 is 1.69 bits per heavy atom. The van der Waals surface area contributed by atoms with Gasteiger partial charge in [0.15, 0.2) is 0 Å². The largest absolute Gasteiger partial charge is 0.396 e. The highest BCUT2D eigenvalue weighted by molar-refractivity contribution is 5.10. The lowest BCUT2D eigenvalue weighted by molar-refractivity contribution is 0.276. The van der Waals surface area contributed by atoms with Gasteiger partial charge in [-0.3, -0.25) is 4.68 Å². The fourth-order valence-corrected chi connectivity index (χ4v) is 1.39. The number of nitrogens with zero attached hydrogens (tertiary/aromatic N) is 2. The second-order valence-corrected chi connectivity index (χ2v) is 3.60. The molecule has 0 aromatic carbocycles. The highest BCUT2D eigenvalue weighted by atomic mass is 16.3. The van der Waals surface area contributed by atoms with Gasteiger partial charge >= 0.3 is 0 Å². The number of aliphatic hydroxyl groups is 1. The van der Waals surface area contributed by atoms with Crippen LogP contribution in [-0.4, -0.2) is 21.5 Å². The minimum atomic E-state index is -0.0718. The molecule has 0 radical (unpaired) electrons. The van der Waals surface area contributed by atoms with Crippen molar-refractivity contribution >= 4 is 0 Å². The third kappa shape index (κ3) is 1.89. The standard InChI is InChI=1S/C9H15N3O/c10-9(3-4-13)7-5-11-12(6-7)8-1-2-8/h5-6,8-9,13H,1-4,10H2. The summed E-state index contributed by atoms with van der Waals surface area (Å²) in [6.45, 7) is 0.135. The second-order valence-electron chi connectivity index (χ2n) is 3.60. The number of hydrogen-bond donors (Lipinski definition) is 2. The summed E-state index contributed by atoms with van der Waals surface area (Å²) >= 11 is 0. The van der Waals surface area contributed by atoms with E-state index in [1.165, 1.54) is 12.8 Å². The summed E-state index contributed by atoms with van der Waals surface area (Å²) in [4.78, 5) is 0. The Morgan fingerprint density at radius 3 is 3.08 bits per heavy atom. The lowest BCUT2D eigenvalue weighted by Gasteiger charge is -2.05. The predicted octanol–water partition coefficient (Wildman–Crippen LogP) is 0.600. The van der Waals surface area contributed by atoms with Crippen LogP contribution in [0.15, 0.2) is 12.4 Å². The molecule has 1 aromatic heterocycles. The first-order valence-corrected chi connectivity index (χ1v) is 4.71. The van der Waals surface area contributed by atoms with Crippen LogP contribution in [0, 0.1) is 0 Å². The summed E-state index contributed by atoms with van der Waals surface area (Å²) in [5, 5.41) is 13.0. The Morgan fingerprint density at radius 2 is 2.46 bits per heavy atom. The van der Waals surface area contributed by atoms with E-state index in [0.717, 1.165) is 5.56 Å². The fraction of sp³-hybridized carbons (Fsp3) is 0.667. The van der Waals surface area contributed by atoms with Crippen molar-refractivity contribution in [3.8, 4) is 0 Å². The van der Waals surface area contributed by atoms with Crippen LogP contribution in [0.2, 0.25) is 0 Å². The Kier molecular flexibility index (Phi) is 2.33. The summed E-state index contributed by atoms with van der Waals surface area (Å²) in [6.07, 6.45) is 6.87. The van der Waals surface area contributed by atoms with Crippen LogP contribution in [0.5, 0.6) is 0 Å². The molecule has 72 valence electrons. The van der Waals surface area contributed by atoms with Crippen LogP contribution < -0.4 is 5.73 Å². The normalized spacial score (nSPS) is 18.9. The van der Waals surface area contributed by atoms with E-state index in [1.54, 1.807) is 6.20 Å². The highest BCUT2D eigenvalue weighted by Crippen LogP contribution is 2.34. The van der Waals surface area contributed by atoms with Crippen molar-refractivity contribution in [2.75, 3.05) is 6.61 Å². The average Bonchev–Trinajstić information content (AvgIpc) is 2.84. The molecule has 1 aliphatic carbocycles. The Labute approximate surface area is 77.4 Å². The van der Waals surface area contributed by atoms with E-state index in [2.05, 4.69) is 5.10 Å². The van der Waals surface area contributed by atoms with Gasteiger partial charge in [0.1, 0.15) is 0 Å². The van der Waals surface area contributed by atoms with E-state index in [9.17, 15) is 0 Å². The van der Waals surface area contributed by atoms with Crippen molar-refractivity contribution in [1.82, 2.24) is 9.78 Å². The molecule has 0 aliphatic heterocycles. The van der Waals surface area contributed by atoms with Crippen molar-refractivity contribution in [2.24, 2.45) is 5.73 Å². The van der Waals surface area contributed by atoms with E-state index in [-0.39, 0.29) is 12.6 Å². The summed E-state index contributed by atoms with van der Waals surface area (Å²) < 4.78 is 1.98. The molecule has 2 rings (SSSR count). The van der Waals surface area contributed by atoms with Gasteiger partial charge in [-0.2, -0.15) is 5.10 Å². The zero-order valence-corrected chi connectivity index (χ0v) is 7.56. The van der Waals surface area contributed by atoms with E-state index in [0.29, 0.717) is 12.5 Å². The minimum Gasteiger partial charge on any atom is -0.396 e. The first-order chi connectivity index (χ1) is 6.31. The van der Waals surface area contributed by atoms with Crippen LogP contribution in [0.25, 0.3) is 0 Å². The van der Waals surface area contributed by atoms with Gasteiger partial charge in [-0.05, 0) is 19.3 Å². The van der Waals surface area contributed by atoms with Gasteiger partial charge in [0.2, 0.25) is 0 Å². The molecular weight excluding hydrogens is 166 g/mol. The molecule has 1 saturated carbocycles. The van der Waals surface area contributed by atoms with Gasteiger partial charge in [0.05, 0.1) is 12.2 Å². The molecule has 1 aliphatic rings. The van der Waals surface area contributed by atoms with Gasteiger partial charge in [-0.15, -0.1) is 0 Å². The third-order valence-corrected chi connectivity index (χ3v) is 2.41. The van der Waals surface area contributed by atoms with Crippen LogP contribution in [0.3, 0.4) is 0 Å². The maximum Gasteiger partial charge on any atom is 0.0537 e. The van der Waals surface area contributed by atoms with Crippen molar-refractivity contribution < 1.29 is 5.11 Å². The van der Waals surface area contributed by atoms with Gasteiger partial charge in [-0.1, -0.05) is 0 Å². The lowest BCUT2D eigenvalue weighted by Crippen LogP contribution is -2.11. The van der Waals surface area contributed by atoms with E-state index < -0.39 is 0 Å². The van der Waals surface area contributed by atoms with Crippen molar-refractivity contribution in [3.05, 3.63) is 18.0 Å². The maximum absolute atomic E-state index is 8.72. The number of rotatable bonds is 4. The third-order valence-electron chi connectivity index (χ3n) is 2.41. The van der Waals surface area contributed by atoms with Crippen LogP contribution >= 0.6 is 0 Å². The van der Waals surface area contributed by atoms with Gasteiger partial charge < -0.3 is 10.8 Å². The minimum absolute atomic E-state index is 0.0718. The van der Waals surface area contributed by atoms with Crippen LogP contribution in [0.4, 0.5) is 0 Å². The quantitative estimate of drug-likeness (QED) is 0.715. The van der Waals surface area contributed by atoms with Gasteiger partial charge in [0.25, 0.3) is 0 Å². The Bertz CT molecular complexity index is 280. The van der Waals surface area contributed by atoms with Crippen molar-refractivity contribution in [2.45, 2.75) is 31.3 Å². The first kappa shape index (κ1) is 8.72. The number of aromatic nitrogens is 2. The molecule has 1 atom stereocenters. The first-order valence-electron chi connectivity index (χ1n) is 4.71. The monoisotopic (exact) mass is 181 g/mol. The summed E-state index contributed by atoms with van der Waals surface area (Å²) in [7, 11) is 0. The number of hydrogen-bond acceptors (Lipinski definition) is 3.